The van der Waals surface area contributed by atoms with Gasteiger partial charge in [0.2, 0.25) is 0 Å². The Hall–Kier alpha value is -1.10. The predicted octanol–water partition coefficient (Wildman–Crippen LogP) is 2.34. The van der Waals surface area contributed by atoms with Crippen LogP contribution in [0.25, 0.3) is 0 Å². The zero-order valence-electron chi connectivity index (χ0n) is 8.19. The molecule has 1 N–H and O–H groups in total. The van der Waals surface area contributed by atoms with E-state index in [4.69, 9.17) is 7.85 Å². The summed E-state index contributed by atoms with van der Waals surface area (Å²) < 4.78 is 62.7. The van der Waals surface area contributed by atoms with Crippen molar-refractivity contribution in [1.82, 2.24) is 0 Å². The number of hydrogen-bond donors (Lipinski definition) is 1. The van der Waals surface area contributed by atoms with Crippen LogP contribution in [0.15, 0.2) is 18.2 Å². The molecule has 0 aliphatic rings. The molecule has 0 heterocycles. The molecule has 0 aliphatic heterocycles. The zero-order chi connectivity index (χ0) is 11.9. The second-order valence-corrected chi connectivity index (χ2v) is 2.34. The van der Waals surface area contributed by atoms with Crippen molar-refractivity contribution in [2.24, 2.45) is 0 Å². The number of hydrogen-bond acceptors (Lipinski definition) is 1. The minimum atomic E-state index is -4.78. The van der Waals surface area contributed by atoms with Gasteiger partial charge in [0, 0.05) is 0 Å². The highest BCUT2D eigenvalue weighted by Gasteiger charge is 2.31. The smallest absolute Gasteiger partial charge is 0.392 e. The average Bonchev–Trinajstić information content (AvgIpc) is 1.99. The topological polar surface area (TPSA) is 20.2 Å². The molecule has 0 spiro atoms. The highest BCUT2D eigenvalue weighted by atomic mass is 19.4. The molecule has 72 valence electrons. The van der Waals surface area contributed by atoms with Gasteiger partial charge in [0.25, 0.3) is 0 Å². The first-order valence-electron chi connectivity index (χ1n) is 4.21. The normalized spacial score (nSPS) is 15.2. The first-order chi connectivity index (χ1) is 6.60. The molecule has 0 unspecified atom stereocenters. The first-order valence-corrected chi connectivity index (χ1v) is 3.21. The van der Waals surface area contributed by atoms with Crippen LogP contribution >= 0.6 is 0 Å². The lowest BCUT2D eigenvalue weighted by Crippen LogP contribution is -2.06. The van der Waals surface area contributed by atoms with Gasteiger partial charge < -0.3 is 5.11 Å². The van der Waals surface area contributed by atoms with Crippen LogP contribution in [0.1, 0.15) is 13.9 Å². The fraction of sp³-hybridized carbons (Fsp3) is 0.250. The minimum absolute atomic E-state index is 0.231. The molecule has 0 aliphatic carbocycles. The summed E-state index contributed by atoms with van der Waals surface area (Å²) in [5, 5.41) is 8.80. The molecule has 1 aromatic carbocycles. The van der Waals surface area contributed by atoms with Crippen molar-refractivity contribution in [2.75, 3.05) is 0 Å². The van der Waals surface area contributed by atoms with Gasteiger partial charge in [0.15, 0.2) is 0 Å². The molecule has 0 radical (unpaired) electrons. The van der Waals surface area contributed by atoms with Crippen LogP contribution in [-0.4, -0.2) is 5.11 Å². The number of aliphatic hydroxyl groups is 1. The maximum atomic E-state index is 12.7. The van der Waals surface area contributed by atoms with Gasteiger partial charge >= 0.3 is 6.18 Å². The second-order valence-electron chi connectivity index (χ2n) is 2.34. The van der Waals surface area contributed by atoms with Crippen molar-refractivity contribution in [2.45, 2.75) is 12.7 Å². The summed E-state index contributed by atoms with van der Waals surface area (Å²) in [4.78, 5) is 0. The first kappa shape index (κ1) is 7.32. The van der Waals surface area contributed by atoms with Gasteiger partial charge in [-0.2, -0.15) is 13.2 Å². The van der Waals surface area contributed by atoms with E-state index in [-0.39, 0.29) is 6.07 Å². The second kappa shape index (κ2) is 3.33. The molecule has 1 aromatic rings. The van der Waals surface area contributed by atoms with E-state index in [0.29, 0.717) is 12.1 Å². The standard InChI is InChI=1S/C8H6F4O/c9-7-2-5(4-13)1-6(3-7)8(10,11)12/h1-3,13H,4H2/i4D2. The SMILES string of the molecule is [2H]C([2H])(O)c1cc(F)cc(C(F)(F)F)c1. The summed E-state index contributed by atoms with van der Waals surface area (Å²) >= 11 is 0. The van der Waals surface area contributed by atoms with Crippen LogP contribution in [0.2, 0.25) is 0 Å². The summed E-state index contributed by atoms with van der Waals surface area (Å²) in [5.74, 6) is -1.25. The third-order valence-electron chi connectivity index (χ3n) is 1.35. The van der Waals surface area contributed by atoms with Crippen LogP contribution in [0.5, 0.6) is 0 Å². The fourth-order valence-corrected chi connectivity index (χ4v) is 0.818. The van der Waals surface area contributed by atoms with Gasteiger partial charge in [-0.15, -0.1) is 0 Å². The van der Waals surface area contributed by atoms with Gasteiger partial charge in [-0.3, -0.25) is 0 Å². The summed E-state index contributed by atoms with van der Waals surface area (Å²) in [7, 11) is 0. The molecule has 0 fully saturated rings. The Morgan fingerprint density at radius 3 is 2.38 bits per heavy atom. The van der Waals surface area contributed by atoms with E-state index in [9.17, 15) is 17.6 Å². The van der Waals surface area contributed by atoms with Crippen molar-refractivity contribution >= 4 is 0 Å². The largest absolute Gasteiger partial charge is 0.416 e. The van der Waals surface area contributed by atoms with Crippen LogP contribution < -0.4 is 0 Å². The molecular formula is C8H6F4O. The van der Waals surface area contributed by atoms with Gasteiger partial charge in [0.1, 0.15) is 5.82 Å². The maximum Gasteiger partial charge on any atom is 0.416 e. The lowest BCUT2D eigenvalue weighted by molar-refractivity contribution is -0.137. The lowest BCUT2D eigenvalue weighted by Gasteiger charge is -2.07. The predicted molar refractivity (Wildman–Crippen MR) is 37.3 cm³/mol. The van der Waals surface area contributed by atoms with Gasteiger partial charge in [-0.25, -0.2) is 4.39 Å². The Kier molecular flexibility index (Phi) is 1.88. The van der Waals surface area contributed by atoms with Crippen molar-refractivity contribution in [3.05, 3.63) is 35.1 Å². The fourth-order valence-electron chi connectivity index (χ4n) is 0.818. The number of benzene rings is 1. The molecule has 0 saturated carbocycles. The average molecular weight is 196 g/mol. The quantitative estimate of drug-likeness (QED) is 0.683. The van der Waals surface area contributed by atoms with Gasteiger partial charge in [-0.05, 0) is 23.8 Å². The van der Waals surface area contributed by atoms with Gasteiger partial charge in [0.05, 0.1) is 14.9 Å². The molecule has 13 heavy (non-hydrogen) atoms. The Balaban J connectivity index is 3.30. The number of halogens is 4. The van der Waals surface area contributed by atoms with Crippen LogP contribution in [0.3, 0.4) is 0 Å². The highest BCUT2D eigenvalue weighted by Crippen LogP contribution is 2.30. The van der Waals surface area contributed by atoms with E-state index in [0.717, 1.165) is 0 Å². The maximum absolute atomic E-state index is 12.7. The monoisotopic (exact) mass is 196 g/mol. The summed E-state index contributed by atoms with van der Waals surface area (Å²) in [5.41, 5.74) is -2.11. The van der Waals surface area contributed by atoms with E-state index >= 15 is 0 Å². The number of alkyl halides is 3. The molecule has 0 aromatic heterocycles. The Bertz CT molecular complexity index is 338. The molecule has 0 bridgehead atoms. The van der Waals surface area contributed by atoms with Crippen molar-refractivity contribution in [3.8, 4) is 0 Å². The molecule has 0 amide bonds. The van der Waals surface area contributed by atoms with Crippen LogP contribution in [0, 0.1) is 5.82 Å². The molecule has 0 atom stereocenters. The Morgan fingerprint density at radius 2 is 1.92 bits per heavy atom. The van der Waals surface area contributed by atoms with Crippen molar-refractivity contribution in [3.63, 3.8) is 0 Å². The minimum Gasteiger partial charge on any atom is -0.392 e. The Morgan fingerprint density at radius 1 is 1.31 bits per heavy atom. The van der Waals surface area contributed by atoms with E-state index in [1.54, 1.807) is 0 Å². The zero-order valence-corrected chi connectivity index (χ0v) is 6.19. The Labute approximate surface area is 74.4 Å². The molecule has 5 heteroatoms. The molecular weight excluding hydrogens is 188 g/mol. The van der Waals surface area contributed by atoms with Crippen LogP contribution in [-0.2, 0) is 12.7 Å². The van der Waals surface area contributed by atoms with E-state index < -0.39 is 29.7 Å². The molecule has 1 rings (SSSR count). The third kappa shape index (κ3) is 2.42. The van der Waals surface area contributed by atoms with E-state index in [1.165, 1.54) is 0 Å². The summed E-state index contributed by atoms with van der Waals surface area (Å²) in [6.07, 6.45) is -4.78. The highest BCUT2D eigenvalue weighted by molar-refractivity contribution is 5.26. The lowest BCUT2D eigenvalue weighted by atomic mass is 10.1. The van der Waals surface area contributed by atoms with Crippen LogP contribution in [0.4, 0.5) is 17.6 Å². The van der Waals surface area contributed by atoms with Crippen molar-refractivity contribution in [1.29, 1.82) is 0 Å². The molecule has 1 nitrogen and oxygen atoms in total. The van der Waals surface area contributed by atoms with Gasteiger partial charge in [-0.1, -0.05) is 0 Å². The molecule has 0 saturated heterocycles. The van der Waals surface area contributed by atoms with Crippen molar-refractivity contribution < 1.29 is 25.4 Å². The van der Waals surface area contributed by atoms with E-state index in [1.807, 2.05) is 0 Å². The number of rotatable bonds is 1. The summed E-state index contributed by atoms with van der Waals surface area (Å²) in [6, 6.07) is 1.10. The van der Waals surface area contributed by atoms with E-state index in [2.05, 4.69) is 0 Å². The summed E-state index contributed by atoms with van der Waals surface area (Å²) in [6.45, 7) is -3.00. The third-order valence-corrected chi connectivity index (χ3v) is 1.35.